The summed E-state index contributed by atoms with van der Waals surface area (Å²) in [5.41, 5.74) is -0.177. The summed E-state index contributed by atoms with van der Waals surface area (Å²) in [6.07, 6.45) is 0.413. The molecule has 0 radical (unpaired) electrons. The van der Waals surface area contributed by atoms with Crippen LogP contribution in [0.1, 0.15) is 34.1 Å². The van der Waals surface area contributed by atoms with Crippen molar-refractivity contribution in [2.45, 2.75) is 39.7 Å². The Labute approximate surface area is 92.3 Å². The lowest BCUT2D eigenvalue weighted by Crippen LogP contribution is -2.38. The Bertz CT molecular complexity index is 181. The highest BCUT2D eigenvalue weighted by Crippen LogP contribution is 2.06. The predicted octanol–water partition coefficient (Wildman–Crippen LogP) is 1.34. The molecule has 0 bridgehead atoms. The van der Waals surface area contributed by atoms with Crippen LogP contribution in [0.15, 0.2) is 0 Å². The van der Waals surface area contributed by atoms with Crippen molar-refractivity contribution in [2.75, 3.05) is 26.3 Å². The molecule has 0 aromatic rings. The third kappa shape index (κ3) is 8.39. The standard InChI is InChI=1S/C11H23NO3/c1-5-14-10(13)7-8-12-9-11(3,4)15-6-2/h12H,5-9H2,1-4H3. The zero-order chi connectivity index (χ0) is 11.7. The Balaban J connectivity index is 3.49. The molecular weight excluding hydrogens is 194 g/mol. The van der Waals surface area contributed by atoms with E-state index < -0.39 is 0 Å². The van der Waals surface area contributed by atoms with Crippen molar-refractivity contribution in [3.63, 3.8) is 0 Å². The molecule has 0 aromatic heterocycles. The number of hydrogen-bond donors (Lipinski definition) is 1. The molecule has 0 heterocycles. The molecule has 0 saturated carbocycles. The second-order valence-corrected chi connectivity index (χ2v) is 3.92. The third-order valence-electron chi connectivity index (χ3n) is 1.90. The van der Waals surface area contributed by atoms with Crippen molar-refractivity contribution in [1.29, 1.82) is 0 Å². The molecule has 0 saturated heterocycles. The van der Waals surface area contributed by atoms with Crippen LogP contribution in [0.5, 0.6) is 0 Å². The summed E-state index contributed by atoms with van der Waals surface area (Å²) < 4.78 is 10.3. The van der Waals surface area contributed by atoms with Gasteiger partial charge >= 0.3 is 5.97 Å². The van der Waals surface area contributed by atoms with Crippen molar-refractivity contribution >= 4 is 5.97 Å². The van der Waals surface area contributed by atoms with Gasteiger partial charge in [-0.1, -0.05) is 0 Å². The highest BCUT2D eigenvalue weighted by molar-refractivity contribution is 5.69. The molecule has 0 aromatic carbocycles. The van der Waals surface area contributed by atoms with Crippen molar-refractivity contribution < 1.29 is 14.3 Å². The molecule has 0 aliphatic heterocycles. The molecule has 1 N–H and O–H groups in total. The lowest BCUT2D eigenvalue weighted by Gasteiger charge is -2.24. The van der Waals surface area contributed by atoms with Crippen LogP contribution in [0.25, 0.3) is 0 Å². The summed E-state index contributed by atoms with van der Waals surface area (Å²) in [5.74, 6) is -0.154. The fourth-order valence-electron chi connectivity index (χ4n) is 1.25. The van der Waals surface area contributed by atoms with Gasteiger partial charge in [-0.3, -0.25) is 4.79 Å². The fraction of sp³-hybridized carbons (Fsp3) is 0.909. The number of esters is 1. The van der Waals surface area contributed by atoms with E-state index in [2.05, 4.69) is 5.32 Å². The number of carbonyl (C=O) groups excluding carboxylic acids is 1. The number of hydrogen-bond acceptors (Lipinski definition) is 4. The zero-order valence-corrected chi connectivity index (χ0v) is 10.3. The minimum absolute atomic E-state index is 0.154. The van der Waals surface area contributed by atoms with Crippen molar-refractivity contribution in [2.24, 2.45) is 0 Å². The van der Waals surface area contributed by atoms with Gasteiger partial charge in [0, 0.05) is 19.7 Å². The maximum Gasteiger partial charge on any atom is 0.307 e. The van der Waals surface area contributed by atoms with Gasteiger partial charge in [0.2, 0.25) is 0 Å². The molecule has 0 rings (SSSR count). The lowest BCUT2D eigenvalue weighted by atomic mass is 10.1. The van der Waals surface area contributed by atoms with E-state index >= 15 is 0 Å². The molecule has 0 amide bonds. The number of nitrogens with one attached hydrogen (secondary N) is 1. The molecule has 4 heteroatoms. The average Bonchev–Trinajstić information content (AvgIpc) is 2.13. The third-order valence-corrected chi connectivity index (χ3v) is 1.90. The van der Waals surface area contributed by atoms with E-state index in [4.69, 9.17) is 9.47 Å². The maximum atomic E-state index is 11.0. The summed E-state index contributed by atoms with van der Waals surface area (Å²) in [6.45, 7) is 10.3. The van der Waals surface area contributed by atoms with Crippen molar-refractivity contribution in [1.82, 2.24) is 5.32 Å². The predicted molar refractivity (Wildman–Crippen MR) is 59.8 cm³/mol. The first kappa shape index (κ1) is 14.4. The average molecular weight is 217 g/mol. The topological polar surface area (TPSA) is 47.6 Å². The van der Waals surface area contributed by atoms with Gasteiger partial charge < -0.3 is 14.8 Å². The van der Waals surface area contributed by atoms with Crippen LogP contribution in [0.3, 0.4) is 0 Å². The molecule has 0 fully saturated rings. The van der Waals surface area contributed by atoms with Crippen LogP contribution in [0.2, 0.25) is 0 Å². The van der Waals surface area contributed by atoms with Crippen molar-refractivity contribution in [3.8, 4) is 0 Å². The normalized spacial score (nSPS) is 11.5. The first-order valence-corrected chi connectivity index (χ1v) is 5.52. The lowest BCUT2D eigenvalue weighted by molar-refractivity contribution is -0.143. The van der Waals surface area contributed by atoms with E-state index in [1.807, 2.05) is 27.7 Å². The van der Waals surface area contributed by atoms with Crippen LogP contribution >= 0.6 is 0 Å². The number of rotatable bonds is 8. The minimum atomic E-state index is -0.177. The second kappa shape index (κ2) is 7.65. The maximum absolute atomic E-state index is 11.0. The summed E-state index contributed by atoms with van der Waals surface area (Å²) >= 11 is 0. The van der Waals surface area contributed by atoms with Gasteiger partial charge in [0.15, 0.2) is 0 Å². The summed E-state index contributed by atoms with van der Waals surface area (Å²) in [6, 6.07) is 0. The Morgan fingerprint density at radius 2 is 1.93 bits per heavy atom. The van der Waals surface area contributed by atoms with E-state index in [-0.39, 0.29) is 11.6 Å². The first-order chi connectivity index (χ1) is 7.02. The molecule has 4 nitrogen and oxygen atoms in total. The molecule has 0 unspecified atom stereocenters. The van der Waals surface area contributed by atoms with Crippen LogP contribution in [-0.4, -0.2) is 37.9 Å². The molecule has 0 aliphatic carbocycles. The van der Waals surface area contributed by atoms with Gasteiger partial charge in [-0.15, -0.1) is 0 Å². The van der Waals surface area contributed by atoms with Gasteiger partial charge in [0.1, 0.15) is 0 Å². The molecule has 0 atom stereocenters. The Morgan fingerprint density at radius 3 is 2.47 bits per heavy atom. The second-order valence-electron chi connectivity index (χ2n) is 3.92. The Kier molecular flexibility index (Phi) is 7.34. The summed E-state index contributed by atoms with van der Waals surface area (Å²) in [5, 5.41) is 3.17. The van der Waals surface area contributed by atoms with Crippen LogP contribution in [0.4, 0.5) is 0 Å². The van der Waals surface area contributed by atoms with E-state index in [1.165, 1.54) is 0 Å². The first-order valence-electron chi connectivity index (χ1n) is 5.52. The van der Waals surface area contributed by atoms with E-state index in [0.29, 0.717) is 26.2 Å². The van der Waals surface area contributed by atoms with Crippen LogP contribution < -0.4 is 5.32 Å². The largest absolute Gasteiger partial charge is 0.466 e. The Morgan fingerprint density at radius 1 is 1.27 bits per heavy atom. The van der Waals surface area contributed by atoms with E-state index in [0.717, 1.165) is 6.54 Å². The monoisotopic (exact) mass is 217 g/mol. The van der Waals surface area contributed by atoms with Gasteiger partial charge in [-0.05, 0) is 27.7 Å². The summed E-state index contributed by atoms with van der Waals surface area (Å²) in [4.78, 5) is 11.0. The molecule has 15 heavy (non-hydrogen) atoms. The van der Waals surface area contributed by atoms with Crippen molar-refractivity contribution in [3.05, 3.63) is 0 Å². The number of carbonyl (C=O) groups is 1. The number of ether oxygens (including phenoxy) is 2. The highest BCUT2D eigenvalue weighted by Gasteiger charge is 2.16. The van der Waals surface area contributed by atoms with Gasteiger partial charge in [0.25, 0.3) is 0 Å². The summed E-state index contributed by atoms with van der Waals surface area (Å²) in [7, 11) is 0. The molecule has 0 aliphatic rings. The molecule has 0 spiro atoms. The van der Waals surface area contributed by atoms with E-state index in [1.54, 1.807) is 0 Å². The van der Waals surface area contributed by atoms with E-state index in [9.17, 15) is 4.79 Å². The van der Waals surface area contributed by atoms with Crippen LogP contribution in [0, 0.1) is 0 Å². The van der Waals surface area contributed by atoms with Crippen LogP contribution in [-0.2, 0) is 14.3 Å². The van der Waals surface area contributed by atoms with Gasteiger partial charge in [-0.25, -0.2) is 0 Å². The Hall–Kier alpha value is -0.610. The van der Waals surface area contributed by atoms with Gasteiger partial charge in [-0.2, -0.15) is 0 Å². The quantitative estimate of drug-likeness (QED) is 0.492. The van der Waals surface area contributed by atoms with Gasteiger partial charge in [0.05, 0.1) is 18.6 Å². The minimum Gasteiger partial charge on any atom is -0.466 e. The molecular formula is C11H23NO3. The smallest absolute Gasteiger partial charge is 0.307 e. The highest BCUT2D eigenvalue weighted by atomic mass is 16.5. The fourth-order valence-corrected chi connectivity index (χ4v) is 1.25. The molecule has 90 valence electrons. The zero-order valence-electron chi connectivity index (χ0n) is 10.3. The SMILES string of the molecule is CCOC(=O)CCNCC(C)(C)OCC.